The number of hydrogen-bond donors (Lipinski definition) is 1. The number of rotatable bonds is 2. The average molecular weight is 272 g/mol. The van der Waals surface area contributed by atoms with Crippen molar-refractivity contribution in [2.24, 2.45) is 7.05 Å². The van der Waals surface area contributed by atoms with Crippen molar-refractivity contribution in [1.82, 2.24) is 9.55 Å². The minimum atomic E-state index is -0.926. The molecule has 2 heterocycles. The van der Waals surface area contributed by atoms with Gasteiger partial charge in [-0.15, -0.1) is 11.3 Å². The van der Waals surface area contributed by atoms with Gasteiger partial charge in [-0.05, 0) is 13.0 Å². The van der Waals surface area contributed by atoms with E-state index in [1.54, 1.807) is 5.51 Å². The van der Waals surface area contributed by atoms with Gasteiger partial charge in [-0.2, -0.15) is 0 Å². The van der Waals surface area contributed by atoms with E-state index in [1.165, 1.54) is 0 Å². The number of fused-ring (bicyclic) bond motifs is 1. The number of carboxylic acids is 1. The topological polar surface area (TPSA) is 55.1 Å². The number of thiazole rings is 1. The molecule has 3 aromatic rings. The van der Waals surface area contributed by atoms with Gasteiger partial charge in [-0.25, -0.2) is 9.78 Å². The van der Waals surface area contributed by atoms with Gasteiger partial charge >= 0.3 is 5.97 Å². The first-order valence-corrected chi connectivity index (χ1v) is 6.70. The summed E-state index contributed by atoms with van der Waals surface area (Å²) in [6, 6.07) is 7.96. The van der Waals surface area contributed by atoms with E-state index in [4.69, 9.17) is 0 Å². The Labute approximate surface area is 113 Å². The van der Waals surface area contributed by atoms with Gasteiger partial charge in [0.05, 0.1) is 11.2 Å². The molecular formula is C14H12N2O2S. The number of nitrogens with zero attached hydrogens (tertiary/aromatic N) is 2. The second-order valence-corrected chi connectivity index (χ2v) is 5.23. The summed E-state index contributed by atoms with van der Waals surface area (Å²) in [4.78, 5) is 15.8. The zero-order chi connectivity index (χ0) is 13.6. The molecule has 0 saturated carbocycles. The molecule has 1 aromatic carbocycles. The highest BCUT2D eigenvalue weighted by Gasteiger charge is 2.21. The molecule has 96 valence electrons. The van der Waals surface area contributed by atoms with E-state index < -0.39 is 5.97 Å². The fraction of sp³-hybridized carbons (Fsp3) is 0.143. The summed E-state index contributed by atoms with van der Waals surface area (Å²) in [6.07, 6.45) is 0. The zero-order valence-electron chi connectivity index (χ0n) is 10.5. The van der Waals surface area contributed by atoms with Crippen molar-refractivity contribution in [2.75, 3.05) is 0 Å². The van der Waals surface area contributed by atoms with Gasteiger partial charge in [0.15, 0.2) is 0 Å². The quantitative estimate of drug-likeness (QED) is 0.778. The number of aromatic carboxylic acids is 1. The van der Waals surface area contributed by atoms with Crippen LogP contribution in [0.2, 0.25) is 0 Å². The van der Waals surface area contributed by atoms with Crippen molar-refractivity contribution in [3.63, 3.8) is 0 Å². The standard InChI is InChI=1S/C14H12N2O2S/c1-8-11(12-13(14(17)18)19-7-15-12)9-5-3-4-6-10(9)16(8)2/h3-7H,1-2H3,(H,17,18). The Morgan fingerprint density at radius 2 is 2.11 bits per heavy atom. The predicted octanol–water partition coefficient (Wildman–Crippen LogP) is 3.31. The van der Waals surface area contributed by atoms with Crippen LogP contribution in [0.3, 0.4) is 0 Å². The van der Waals surface area contributed by atoms with Gasteiger partial charge in [0, 0.05) is 29.2 Å². The molecule has 2 aromatic heterocycles. The third-order valence-electron chi connectivity index (χ3n) is 3.40. The smallest absolute Gasteiger partial charge is 0.348 e. The van der Waals surface area contributed by atoms with Crippen LogP contribution in [-0.2, 0) is 7.05 Å². The number of hydrogen-bond acceptors (Lipinski definition) is 3. The Morgan fingerprint density at radius 3 is 2.84 bits per heavy atom. The monoisotopic (exact) mass is 272 g/mol. The van der Waals surface area contributed by atoms with Crippen LogP contribution in [0.15, 0.2) is 29.8 Å². The number of carboxylic acid groups (broad SMARTS) is 1. The largest absolute Gasteiger partial charge is 0.477 e. The van der Waals surface area contributed by atoms with E-state index in [9.17, 15) is 9.90 Å². The summed E-state index contributed by atoms with van der Waals surface area (Å²) in [5, 5.41) is 10.3. The van der Waals surface area contributed by atoms with Gasteiger partial charge in [0.1, 0.15) is 4.88 Å². The van der Waals surface area contributed by atoms with Crippen molar-refractivity contribution in [3.8, 4) is 11.3 Å². The molecule has 0 bridgehead atoms. The first kappa shape index (κ1) is 11.9. The van der Waals surface area contributed by atoms with Crippen molar-refractivity contribution in [1.29, 1.82) is 0 Å². The minimum Gasteiger partial charge on any atom is -0.477 e. The maximum atomic E-state index is 11.3. The molecule has 5 heteroatoms. The summed E-state index contributed by atoms with van der Waals surface area (Å²) in [7, 11) is 1.98. The third kappa shape index (κ3) is 1.66. The van der Waals surface area contributed by atoms with E-state index >= 15 is 0 Å². The lowest BCUT2D eigenvalue weighted by atomic mass is 10.1. The number of aromatic nitrogens is 2. The van der Waals surface area contributed by atoms with Crippen LogP contribution >= 0.6 is 11.3 Å². The first-order valence-electron chi connectivity index (χ1n) is 5.82. The third-order valence-corrected chi connectivity index (χ3v) is 4.21. The van der Waals surface area contributed by atoms with Crippen LogP contribution < -0.4 is 0 Å². The fourth-order valence-corrected chi connectivity index (χ4v) is 3.03. The number of para-hydroxylation sites is 1. The Kier molecular flexibility index (Phi) is 2.64. The van der Waals surface area contributed by atoms with Crippen molar-refractivity contribution >= 4 is 28.2 Å². The van der Waals surface area contributed by atoms with Gasteiger partial charge in [0.25, 0.3) is 0 Å². The zero-order valence-corrected chi connectivity index (χ0v) is 11.4. The first-order chi connectivity index (χ1) is 9.11. The second kappa shape index (κ2) is 4.20. The summed E-state index contributed by atoms with van der Waals surface area (Å²) in [6.45, 7) is 1.99. The molecular weight excluding hydrogens is 260 g/mol. The molecule has 0 aliphatic heterocycles. The van der Waals surface area contributed by atoms with E-state index in [-0.39, 0.29) is 0 Å². The van der Waals surface area contributed by atoms with Gasteiger partial charge in [-0.1, -0.05) is 18.2 Å². The maximum absolute atomic E-state index is 11.3. The lowest BCUT2D eigenvalue weighted by Gasteiger charge is -2.00. The Balaban J connectivity index is 2.40. The Bertz CT molecular complexity index is 786. The second-order valence-electron chi connectivity index (χ2n) is 4.37. The molecule has 0 atom stereocenters. The number of aryl methyl sites for hydroxylation is 1. The van der Waals surface area contributed by atoms with Crippen LogP contribution in [0.4, 0.5) is 0 Å². The molecule has 0 aliphatic rings. The number of benzene rings is 1. The SMILES string of the molecule is Cc1c(-c2ncsc2C(=O)O)c2ccccc2n1C. The Hall–Kier alpha value is -2.14. The summed E-state index contributed by atoms with van der Waals surface area (Å²) >= 11 is 1.16. The molecule has 0 fully saturated rings. The average Bonchev–Trinajstić information content (AvgIpc) is 2.95. The number of carbonyl (C=O) groups is 1. The van der Waals surface area contributed by atoms with Crippen LogP contribution in [0.1, 0.15) is 15.4 Å². The molecule has 0 saturated heterocycles. The van der Waals surface area contributed by atoms with Crippen molar-refractivity contribution in [2.45, 2.75) is 6.92 Å². The highest BCUT2D eigenvalue weighted by Crippen LogP contribution is 2.36. The van der Waals surface area contributed by atoms with Crippen LogP contribution in [-0.4, -0.2) is 20.6 Å². The van der Waals surface area contributed by atoms with Crippen LogP contribution in [0.5, 0.6) is 0 Å². The molecule has 4 nitrogen and oxygen atoms in total. The molecule has 1 N–H and O–H groups in total. The van der Waals surface area contributed by atoms with Gasteiger partial charge in [0.2, 0.25) is 0 Å². The highest BCUT2D eigenvalue weighted by molar-refractivity contribution is 7.12. The Morgan fingerprint density at radius 1 is 1.37 bits per heavy atom. The highest BCUT2D eigenvalue weighted by atomic mass is 32.1. The molecule has 0 amide bonds. The molecule has 0 radical (unpaired) electrons. The van der Waals surface area contributed by atoms with Crippen LogP contribution in [0, 0.1) is 6.92 Å². The predicted molar refractivity (Wildman–Crippen MR) is 75.7 cm³/mol. The lowest BCUT2D eigenvalue weighted by Crippen LogP contribution is -1.97. The van der Waals surface area contributed by atoms with Crippen LogP contribution in [0.25, 0.3) is 22.2 Å². The van der Waals surface area contributed by atoms with Crippen molar-refractivity contribution < 1.29 is 9.90 Å². The molecule has 3 rings (SSSR count). The van der Waals surface area contributed by atoms with E-state index in [0.717, 1.165) is 33.5 Å². The van der Waals surface area contributed by atoms with E-state index in [1.807, 2.05) is 38.2 Å². The van der Waals surface area contributed by atoms with Crippen molar-refractivity contribution in [3.05, 3.63) is 40.3 Å². The molecule has 0 aliphatic carbocycles. The molecule has 0 unspecified atom stereocenters. The summed E-state index contributed by atoms with van der Waals surface area (Å²) < 4.78 is 2.07. The van der Waals surface area contributed by atoms with Gasteiger partial charge < -0.3 is 9.67 Å². The molecule has 0 spiro atoms. The lowest BCUT2D eigenvalue weighted by molar-refractivity contribution is 0.0703. The summed E-state index contributed by atoms with van der Waals surface area (Å²) in [5.41, 5.74) is 5.16. The van der Waals surface area contributed by atoms with Gasteiger partial charge in [-0.3, -0.25) is 0 Å². The minimum absolute atomic E-state index is 0.291. The molecule has 19 heavy (non-hydrogen) atoms. The summed E-state index contributed by atoms with van der Waals surface area (Å²) in [5.74, 6) is -0.926. The maximum Gasteiger partial charge on any atom is 0.348 e. The fourth-order valence-electron chi connectivity index (χ4n) is 2.40. The normalized spacial score (nSPS) is 11.1. The van der Waals surface area contributed by atoms with E-state index in [0.29, 0.717) is 10.6 Å². The van der Waals surface area contributed by atoms with E-state index in [2.05, 4.69) is 9.55 Å².